The largest absolute Gasteiger partial charge is 0.481 e. The van der Waals surface area contributed by atoms with E-state index in [1.807, 2.05) is 0 Å². The minimum Gasteiger partial charge on any atom is -0.481 e. The Kier molecular flexibility index (Phi) is 3.89. The van der Waals surface area contributed by atoms with Crippen molar-refractivity contribution in [3.8, 4) is 0 Å². The Hall–Kier alpha value is -1.83. The molecule has 0 atom stereocenters. The highest BCUT2D eigenvalue weighted by molar-refractivity contribution is 6.31. The number of carboxylic acid groups (broad SMARTS) is 1. The summed E-state index contributed by atoms with van der Waals surface area (Å²) in [7, 11) is 0. The number of alkyl halides is 2. The van der Waals surface area contributed by atoms with Crippen LogP contribution in [0.4, 0.5) is 14.5 Å². The van der Waals surface area contributed by atoms with E-state index in [4.69, 9.17) is 16.7 Å². The second-order valence-corrected chi connectivity index (χ2v) is 3.32. The maximum absolute atomic E-state index is 12.6. The molecule has 0 fully saturated rings. The van der Waals surface area contributed by atoms with Gasteiger partial charge in [-0.1, -0.05) is 11.6 Å². The summed E-state index contributed by atoms with van der Waals surface area (Å²) in [5.74, 6) is -1.47. The number of carbonyl (C=O) groups is 1. The maximum atomic E-state index is 12.6. The van der Waals surface area contributed by atoms with E-state index >= 15 is 0 Å². The average molecular weight is 267 g/mol. The molecule has 0 saturated heterocycles. The van der Waals surface area contributed by atoms with Crippen molar-refractivity contribution >= 4 is 23.3 Å². The number of nitrogens with zero attached hydrogens (tertiary/aromatic N) is 2. The number of pyridine rings is 1. The normalized spacial score (nSPS) is 10.6. The fraction of sp³-hybridized carbons (Fsp3) is 0.250. The minimum absolute atomic E-state index is 0.615. The molecule has 0 saturated carbocycles. The number of carboxylic acids is 1. The van der Waals surface area contributed by atoms with Gasteiger partial charge in [0.25, 0.3) is 6.43 Å². The third-order valence-corrected chi connectivity index (χ3v) is 2.17. The molecule has 0 aliphatic carbocycles. The molecule has 6 nitrogen and oxygen atoms in total. The number of aromatic nitrogens is 1. The monoisotopic (exact) mass is 266 g/mol. The van der Waals surface area contributed by atoms with Crippen LogP contribution in [0.1, 0.15) is 17.6 Å². The molecule has 0 aliphatic rings. The van der Waals surface area contributed by atoms with Crippen LogP contribution >= 0.6 is 11.6 Å². The zero-order valence-corrected chi connectivity index (χ0v) is 8.82. The highest BCUT2D eigenvalue weighted by atomic mass is 35.5. The van der Waals surface area contributed by atoms with Crippen LogP contribution in [-0.2, 0) is 11.2 Å². The molecule has 1 aromatic heterocycles. The summed E-state index contributed by atoms with van der Waals surface area (Å²) in [6, 6.07) is 0. The van der Waals surface area contributed by atoms with E-state index in [1.54, 1.807) is 0 Å². The third kappa shape index (κ3) is 2.84. The van der Waals surface area contributed by atoms with Crippen molar-refractivity contribution in [3.63, 3.8) is 0 Å². The van der Waals surface area contributed by atoms with Gasteiger partial charge in [0.2, 0.25) is 5.15 Å². The molecule has 0 spiro atoms. The number of halogens is 3. The zero-order valence-electron chi connectivity index (χ0n) is 8.06. The SMILES string of the molecule is O=C(O)Cc1c(C(F)F)cnc(Cl)c1[N+](=O)[O-]. The molecule has 0 amide bonds. The lowest BCUT2D eigenvalue weighted by molar-refractivity contribution is -0.385. The summed E-state index contributed by atoms with van der Waals surface area (Å²) >= 11 is 5.39. The van der Waals surface area contributed by atoms with E-state index in [-0.39, 0.29) is 0 Å². The van der Waals surface area contributed by atoms with E-state index < -0.39 is 45.7 Å². The minimum atomic E-state index is -3.06. The van der Waals surface area contributed by atoms with Crippen molar-refractivity contribution in [1.82, 2.24) is 4.98 Å². The Morgan fingerprint density at radius 2 is 2.24 bits per heavy atom. The van der Waals surface area contributed by atoms with E-state index in [2.05, 4.69) is 4.98 Å². The number of hydrogen-bond donors (Lipinski definition) is 1. The first kappa shape index (κ1) is 13.2. The molecule has 0 bridgehead atoms. The second kappa shape index (κ2) is 5.00. The van der Waals surface area contributed by atoms with Crippen molar-refractivity contribution in [2.24, 2.45) is 0 Å². The fourth-order valence-corrected chi connectivity index (χ4v) is 1.47. The Labute approximate surface area is 98.0 Å². The Morgan fingerprint density at radius 3 is 2.65 bits per heavy atom. The standard InChI is InChI=1S/C8H5ClF2N2O4/c9-7-6(13(16)17)3(1-5(14)15)4(2-12-7)8(10)11/h2,8H,1H2,(H,14,15). The van der Waals surface area contributed by atoms with Crippen LogP contribution in [0, 0.1) is 10.1 Å². The van der Waals surface area contributed by atoms with Gasteiger partial charge in [-0.05, 0) is 0 Å². The van der Waals surface area contributed by atoms with Crippen LogP contribution < -0.4 is 0 Å². The summed E-state index contributed by atoms with van der Waals surface area (Å²) in [5.41, 5.74) is -2.33. The lowest BCUT2D eigenvalue weighted by Crippen LogP contribution is -2.09. The first-order chi connectivity index (χ1) is 7.84. The average Bonchev–Trinajstić information content (AvgIpc) is 2.15. The number of aliphatic carboxylic acids is 1. The Balaban J connectivity index is 3.49. The van der Waals surface area contributed by atoms with Gasteiger partial charge in [-0.15, -0.1) is 0 Å². The summed E-state index contributed by atoms with van der Waals surface area (Å²) < 4.78 is 25.1. The third-order valence-electron chi connectivity index (χ3n) is 1.89. The van der Waals surface area contributed by atoms with Gasteiger partial charge in [-0.2, -0.15) is 0 Å². The number of nitro groups is 1. The molecule has 17 heavy (non-hydrogen) atoms. The van der Waals surface area contributed by atoms with Gasteiger partial charge in [0.05, 0.1) is 16.9 Å². The smallest absolute Gasteiger partial charge is 0.310 e. The zero-order chi connectivity index (χ0) is 13.2. The van der Waals surface area contributed by atoms with E-state index in [9.17, 15) is 23.7 Å². The van der Waals surface area contributed by atoms with Gasteiger partial charge in [-0.25, -0.2) is 13.8 Å². The van der Waals surface area contributed by atoms with Crippen LogP contribution in [0.15, 0.2) is 6.20 Å². The van der Waals surface area contributed by atoms with Crippen molar-refractivity contribution in [2.75, 3.05) is 0 Å². The summed E-state index contributed by atoms with van der Waals surface area (Å²) in [6.45, 7) is 0. The molecule has 0 radical (unpaired) electrons. The predicted octanol–water partition coefficient (Wildman–Crippen LogP) is 2.21. The lowest BCUT2D eigenvalue weighted by Gasteiger charge is -2.07. The van der Waals surface area contributed by atoms with Crippen LogP contribution in [-0.4, -0.2) is 21.0 Å². The van der Waals surface area contributed by atoms with Crippen LogP contribution in [0.5, 0.6) is 0 Å². The summed E-state index contributed by atoms with van der Waals surface area (Å²) in [5, 5.41) is 18.6. The van der Waals surface area contributed by atoms with Crippen LogP contribution in [0.3, 0.4) is 0 Å². The van der Waals surface area contributed by atoms with Crippen LogP contribution in [0.2, 0.25) is 5.15 Å². The van der Waals surface area contributed by atoms with Crippen molar-refractivity contribution < 1.29 is 23.6 Å². The van der Waals surface area contributed by atoms with E-state index in [1.165, 1.54) is 0 Å². The highest BCUT2D eigenvalue weighted by Crippen LogP contribution is 2.33. The Morgan fingerprint density at radius 1 is 1.65 bits per heavy atom. The second-order valence-electron chi connectivity index (χ2n) is 2.96. The molecule has 1 rings (SSSR count). The van der Waals surface area contributed by atoms with Gasteiger partial charge in [-0.3, -0.25) is 14.9 Å². The topological polar surface area (TPSA) is 93.3 Å². The van der Waals surface area contributed by atoms with Gasteiger partial charge in [0, 0.05) is 11.8 Å². The fourth-order valence-electron chi connectivity index (χ4n) is 1.24. The summed E-state index contributed by atoms with van der Waals surface area (Å²) in [4.78, 5) is 23.4. The van der Waals surface area contributed by atoms with Crippen molar-refractivity contribution in [1.29, 1.82) is 0 Å². The summed E-state index contributed by atoms with van der Waals surface area (Å²) in [6.07, 6.45) is -3.34. The molecule has 9 heteroatoms. The number of rotatable bonds is 4. The van der Waals surface area contributed by atoms with Gasteiger partial charge < -0.3 is 5.11 Å². The molecule has 1 aromatic rings. The first-order valence-corrected chi connectivity index (χ1v) is 4.54. The first-order valence-electron chi connectivity index (χ1n) is 4.16. The quantitative estimate of drug-likeness (QED) is 0.512. The Bertz CT molecular complexity index is 481. The molecular weight excluding hydrogens is 262 g/mol. The highest BCUT2D eigenvalue weighted by Gasteiger charge is 2.28. The van der Waals surface area contributed by atoms with Crippen molar-refractivity contribution in [3.05, 3.63) is 32.6 Å². The predicted molar refractivity (Wildman–Crippen MR) is 52.2 cm³/mol. The van der Waals surface area contributed by atoms with E-state index in [0.717, 1.165) is 0 Å². The molecule has 0 aromatic carbocycles. The molecule has 0 aliphatic heterocycles. The molecule has 1 N–H and O–H groups in total. The van der Waals surface area contributed by atoms with Gasteiger partial charge >= 0.3 is 11.7 Å². The van der Waals surface area contributed by atoms with Crippen LogP contribution in [0.25, 0.3) is 0 Å². The number of hydrogen-bond acceptors (Lipinski definition) is 4. The molecule has 0 unspecified atom stereocenters. The van der Waals surface area contributed by atoms with Gasteiger partial charge in [0.15, 0.2) is 0 Å². The molecule has 1 heterocycles. The van der Waals surface area contributed by atoms with E-state index in [0.29, 0.717) is 6.20 Å². The van der Waals surface area contributed by atoms with Crippen molar-refractivity contribution in [2.45, 2.75) is 12.8 Å². The molecule has 92 valence electrons. The lowest BCUT2D eigenvalue weighted by atomic mass is 10.1. The molecular formula is C8H5ClF2N2O4. The van der Waals surface area contributed by atoms with Gasteiger partial charge in [0.1, 0.15) is 0 Å². The maximum Gasteiger partial charge on any atom is 0.310 e.